The summed E-state index contributed by atoms with van der Waals surface area (Å²) in [6.45, 7) is 5.99. The van der Waals surface area contributed by atoms with E-state index in [1.54, 1.807) is 0 Å². The minimum atomic E-state index is -0.183. The maximum Gasteiger partial charge on any atom is 0.323 e. The molecule has 0 saturated carbocycles. The summed E-state index contributed by atoms with van der Waals surface area (Å²) in [7, 11) is 1.44. The van der Waals surface area contributed by atoms with Gasteiger partial charge in [-0.3, -0.25) is 4.79 Å². The lowest BCUT2D eigenvalue weighted by Crippen LogP contribution is -2.46. The van der Waals surface area contributed by atoms with Crippen molar-refractivity contribution in [3.8, 4) is 0 Å². The SMILES string of the molecule is COC(=O)C(NCC1CCCN1)C(C)C. The van der Waals surface area contributed by atoms with E-state index in [1.165, 1.54) is 20.0 Å². The van der Waals surface area contributed by atoms with E-state index >= 15 is 0 Å². The summed E-state index contributed by atoms with van der Waals surface area (Å²) in [5.74, 6) is 0.0989. The Hall–Kier alpha value is -0.610. The molecule has 1 aliphatic rings. The first kappa shape index (κ1) is 12.5. The highest BCUT2D eigenvalue weighted by molar-refractivity contribution is 5.75. The van der Waals surface area contributed by atoms with Crippen LogP contribution in [-0.4, -0.2) is 38.3 Å². The van der Waals surface area contributed by atoms with Gasteiger partial charge in [-0.25, -0.2) is 0 Å². The number of hydrogen-bond acceptors (Lipinski definition) is 4. The van der Waals surface area contributed by atoms with Crippen LogP contribution >= 0.6 is 0 Å². The molecule has 2 N–H and O–H groups in total. The monoisotopic (exact) mass is 214 g/mol. The molecule has 0 aliphatic carbocycles. The highest BCUT2D eigenvalue weighted by Gasteiger charge is 2.24. The number of ether oxygens (including phenoxy) is 1. The molecule has 1 fully saturated rings. The average Bonchev–Trinajstić information content (AvgIpc) is 2.70. The zero-order valence-corrected chi connectivity index (χ0v) is 9.88. The molecule has 0 amide bonds. The summed E-state index contributed by atoms with van der Waals surface area (Å²) >= 11 is 0. The van der Waals surface area contributed by atoms with Gasteiger partial charge in [0.2, 0.25) is 0 Å². The second kappa shape index (κ2) is 6.08. The molecule has 4 nitrogen and oxygen atoms in total. The maximum absolute atomic E-state index is 11.5. The fraction of sp³-hybridized carbons (Fsp3) is 0.909. The number of nitrogens with one attached hydrogen (secondary N) is 2. The van der Waals surface area contributed by atoms with E-state index in [2.05, 4.69) is 10.6 Å². The molecule has 0 spiro atoms. The van der Waals surface area contributed by atoms with Gasteiger partial charge < -0.3 is 15.4 Å². The number of carbonyl (C=O) groups excluding carboxylic acids is 1. The number of esters is 1. The molecule has 0 bridgehead atoms. The van der Waals surface area contributed by atoms with Crippen molar-refractivity contribution < 1.29 is 9.53 Å². The standard InChI is InChI=1S/C11H22N2O2/c1-8(2)10(11(14)15-3)13-7-9-5-4-6-12-9/h8-10,12-13H,4-7H2,1-3H3. The molecule has 1 saturated heterocycles. The fourth-order valence-corrected chi connectivity index (χ4v) is 1.92. The second-order valence-electron chi connectivity index (χ2n) is 4.45. The van der Waals surface area contributed by atoms with Crippen molar-refractivity contribution in [2.75, 3.05) is 20.2 Å². The van der Waals surface area contributed by atoms with E-state index in [0.717, 1.165) is 13.1 Å². The lowest BCUT2D eigenvalue weighted by molar-refractivity contribution is -0.144. The van der Waals surface area contributed by atoms with E-state index in [1.807, 2.05) is 13.8 Å². The molecule has 0 radical (unpaired) electrons. The van der Waals surface area contributed by atoms with Gasteiger partial charge in [0.25, 0.3) is 0 Å². The van der Waals surface area contributed by atoms with Gasteiger partial charge in [-0.2, -0.15) is 0 Å². The van der Waals surface area contributed by atoms with Crippen LogP contribution in [0.5, 0.6) is 0 Å². The van der Waals surface area contributed by atoms with Crippen LogP contribution in [0.25, 0.3) is 0 Å². The van der Waals surface area contributed by atoms with Crippen LogP contribution in [0.2, 0.25) is 0 Å². The second-order valence-corrected chi connectivity index (χ2v) is 4.45. The Balaban J connectivity index is 2.33. The van der Waals surface area contributed by atoms with Gasteiger partial charge in [-0.05, 0) is 25.3 Å². The minimum Gasteiger partial charge on any atom is -0.468 e. The Bertz CT molecular complexity index is 201. The molecule has 0 aromatic heterocycles. The van der Waals surface area contributed by atoms with Gasteiger partial charge >= 0.3 is 5.97 Å². The lowest BCUT2D eigenvalue weighted by atomic mass is 10.0. The largest absolute Gasteiger partial charge is 0.468 e. The highest BCUT2D eigenvalue weighted by atomic mass is 16.5. The molecular formula is C11H22N2O2. The van der Waals surface area contributed by atoms with Gasteiger partial charge in [-0.1, -0.05) is 13.8 Å². The molecule has 15 heavy (non-hydrogen) atoms. The predicted molar refractivity (Wildman–Crippen MR) is 59.7 cm³/mol. The summed E-state index contributed by atoms with van der Waals surface area (Å²) in [6, 6.07) is 0.327. The molecule has 0 aromatic rings. The Kier molecular flexibility index (Phi) is 5.05. The first-order valence-corrected chi connectivity index (χ1v) is 5.69. The Labute approximate surface area is 91.8 Å². The van der Waals surface area contributed by atoms with Crippen molar-refractivity contribution in [3.63, 3.8) is 0 Å². The van der Waals surface area contributed by atoms with Crippen molar-refractivity contribution in [1.29, 1.82) is 0 Å². The molecule has 88 valence electrons. The van der Waals surface area contributed by atoms with Gasteiger partial charge in [-0.15, -0.1) is 0 Å². The molecule has 2 atom stereocenters. The van der Waals surface area contributed by atoms with E-state index in [9.17, 15) is 4.79 Å². The molecular weight excluding hydrogens is 192 g/mol. The summed E-state index contributed by atoms with van der Waals surface area (Å²) in [4.78, 5) is 11.5. The van der Waals surface area contributed by atoms with Crippen LogP contribution in [0.15, 0.2) is 0 Å². The van der Waals surface area contributed by atoms with E-state index in [0.29, 0.717) is 6.04 Å². The van der Waals surface area contributed by atoms with Crippen molar-refractivity contribution >= 4 is 5.97 Å². The first-order valence-electron chi connectivity index (χ1n) is 5.69. The van der Waals surface area contributed by atoms with Crippen LogP contribution in [0, 0.1) is 5.92 Å². The topological polar surface area (TPSA) is 50.4 Å². The van der Waals surface area contributed by atoms with Crippen LogP contribution in [0.4, 0.5) is 0 Å². The first-order chi connectivity index (χ1) is 7.15. The van der Waals surface area contributed by atoms with Crippen molar-refractivity contribution in [2.45, 2.75) is 38.8 Å². The Morgan fingerprint density at radius 1 is 1.60 bits per heavy atom. The van der Waals surface area contributed by atoms with Crippen LogP contribution in [0.3, 0.4) is 0 Å². The summed E-state index contributed by atoms with van der Waals surface area (Å²) < 4.78 is 4.77. The third kappa shape index (κ3) is 3.80. The van der Waals surface area contributed by atoms with Crippen molar-refractivity contribution in [1.82, 2.24) is 10.6 Å². The normalized spacial score (nSPS) is 23.1. The number of methoxy groups -OCH3 is 1. The van der Waals surface area contributed by atoms with Crippen LogP contribution < -0.4 is 10.6 Å². The fourth-order valence-electron chi connectivity index (χ4n) is 1.92. The average molecular weight is 214 g/mol. The van der Waals surface area contributed by atoms with Crippen molar-refractivity contribution in [2.24, 2.45) is 5.92 Å². The van der Waals surface area contributed by atoms with Gasteiger partial charge in [0.15, 0.2) is 0 Å². The molecule has 1 aliphatic heterocycles. The Morgan fingerprint density at radius 2 is 2.33 bits per heavy atom. The summed E-state index contributed by atoms with van der Waals surface area (Å²) in [5.41, 5.74) is 0. The number of rotatable bonds is 5. The Morgan fingerprint density at radius 3 is 2.80 bits per heavy atom. The van der Waals surface area contributed by atoms with E-state index < -0.39 is 0 Å². The summed E-state index contributed by atoms with van der Waals surface area (Å²) in [5, 5.41) is 6.67. The maximum atomic E-state index is 11.5. The smallest absolute Gasteiger partial charge is 0.323 e. The van der Waals surface area contributed by atoms with E-state index in [-0.39, 0.29) is 17.9 Å². The summed E-state index contributed by atoms with van der Waals surface area (Å²) in [6.07, 6.45) is 2.43. The van der Waals surface area contributed by atoms with Gasteiger partial charge in [0.05, 0.1) is 7.11 Å². The highest BCUT2D eigenvalue weighted by Crippen LogP contribution is 2.07. The van der Waals surface area contributed by atoms with Crippen molar-refractivity contribution in [3.05, 3.63) is 0 Å². The predicted octanol–water partition coefficient (Wildman–Crippen LogP) is 0.526. The molecule has 2 unspecified atom stereocenters. The zero-order valence-electron chi connectivity index (χ0n) is 9.88. The molecule has 0 aromatic carbocycles. The number of hydrogen-bond donors (Lipinski definition) is 2. The van der Waals surface area contributed by atoms with Gasteiger partial charge in [0.1, 0.15) is 6.04 Å². The quantitative estimate of drug-likeness (QED) is 0.655. The van der Waals surface area contributed by atoms with Gasteiger partial charge in [0, 0.05) is 12.6 Å². The third-order valence-corrected chi connectivity index (χ3v) is 2.87. The van der Waals surface area contributed by atoms with Crippen LogP contribution in [0.1, 0.15) is 26.7 Å². The zero-order chi connectivity index (χ0) is 11.3. The number of carbonyl (C=O) groups is 1. The molecule has 4 heteroatoms. The minimum absolute atomic E-state index is 0.164. The van der Waals surface area contributed by atoms with E-state index in [4.69, 9.17) is 4.74 Å². The third-order valence-electron chi connectivity index (χ3n) is 2.87. The lowest BCUT2D eigenvalue weighted by Gasteiger charge is -2.21. The van der Waals surface area contributed by atoms with Crippen LogP contribution in [-0.2, 0) is 9.53 Å². The molecule has 1 rings (SSSR count). The molecule has 1 heterocycles.